The van der Waals surface area contributed by atoms with Gasteiger partial charge in [0.25, 0.3) is 0 Å². The van der Waals surface area contributed by atoms with Crippen molar-refractivity contribution in [3.8, 4) is 0 Å². The fourth-order valence-corrected chi connectivity index (χ4v) is 2.80. The van der Waals surface area contributed by atoms with Crippen molar-refractivity contribution in [2.45, 2.75) is 24.7 Å². The number of nitrogens with two attached hydrogens (primary N) is 1. The molecule has 0 unspecified atom stereocenters. The molecule has 0 aliphatic heterocycles. The van der Waals surface area contributed by atoms with Crippen LogP contribution in [0.4, 0.5) is 0 Å². The average molecular weight is 332 g/mol. The first-order valence-corrected chi connectivity index (χ1v) is 6.83. The van der Waals surface area contributed by atoms with Crippen LogP contribution in [0, 0.1) is 0 Å². The molecule has 1 nitrogen and oxygen atoms in total. The van der Waals surface area contributed by atoms with Crippen molar-refractivity contribution >= 4 is 35.6 Å². The van der Waals surface area contributed by atoms with Gasteiger partial charge in [0.2, 0.25) is 0 Å². The number of fused-ring (bicyclic) bond motifs is 1. The summed E-state index contributed by atoms with van der Waals surface area (Å²) < 4.78 is 24.8. The normalized spacial score (nSPS) is 29.4. The lowest BCUT2D eigenvalue weighted by Gasteiger charge is -2.30. The molecular formula is C16H16Cl3N. The Balaban J connectivity index is 0.00000192. The van der Waals surface area contributed by atoms with Gasteiger partial charge in [-0.2, -0.15) is 0 Å². The molecule has 2 N–H and O–H groups in total. The summed E-state index contributed by atoms with van der Waals surface area (Å²) in [5.41, 5.74) is 8.27. The van der Waals surface area contributed by atoms with E-state index in [9.17, 15) is 0 Å². The third kappa shape index (κ3) is 2.82. The second-order valence-corrected chi connectivity index (χ2v) is 5.42. The van der Waals surface area contributed by atoms with Crippen LogP contribution in [0.3, 0.4) is 0 Å². The van der Waals surface area contributed by atoms with Crippen molar-refractivity contribution in [1.29, 1.82) is 0 Å². The summed E-state index contributed by atoms with van der Waals surface area (Å²) in [5.74, 6) is -0.206. The molecule has 0 saturated heterocycles. The van der Waals surface area contributed by atoms with Crippen molar-refractivity contribution in [2.75, 3.05) is 0 Å². The van der Waals surface area contributed by atoms with Gasteiger partial charge in [-0.15, -0.1) is 12.4 Å². The summed E-state index contributed by atoms with van der Waals surface area (Å²) in [6.45, 7) is 0. The summed E-state index contributed by atoms with van der Waals surface area (Å²) in [5, 5.41) is 0.902. The van der Waals surface area contributed by atoms with E-state index in [2.05, 4.69) is 0 Å². The highest BCUT2D eigenvalue weighted by Crippen LogP contribution is 2.41. The van der Waals surface area contributed by atoms with Gasteiger partial charge in [-0.1, -0.05) is 53.5 Å². The van der Waals surface area contributed by atoms with Crippen LogP contribution in [0.25, 0.3) is 0 Å². The standard InChI is InChI=1S/C16H15Cl2N.ClH/c17-14-7-5-10(9-15(14)18)11-6-8-16(19)13-4-2-1-3-12(11)13;/h1-5,7,9,11,16H,6,8,19H2;1H/t11-,16-;/m0./s1/i8D2,16D;. The van der Waals surface area contributed by atoms with Gasteiger partial charge < -0.3 is 5.73 Å². The predicted molar refractivity (Wildman–Crippen MR) is 88.2 cm³/mol. The lowest BCUT2D eigenvalue weighted by atomic mass is 9.77. The van der Waals surface area contributed by atoms with E-state index in [0.29, 0.717) is 15.6 Å². The van der Waals surface area contributed by atoms with E-state index >= 15 is 0 Å². The Bertz CT molecular complexity index is 734. The number of rotatable bonds is 1. The molecular weight excluding hydrogens is 313 g/mol. The summed E-state index contributed by atoms with van der Waals surface area (Å²) in [4.78, 5) is 0. The van der Waals surface area contributed by atoms with Crippen LogP contribution in [-0.2, 0) is 0 Å². The molecule has 2 aromatic carbocycles. The first-order chi connectivity index (χ1) is 10.2. The van der Waals surface area contributed by atoms with Crippen molar-refractivity contribution in [2.24, 2.45) is 5.73 Å². The monoisotopic (exact) mass is 330 g/mol. The van der Waals surface area contributed by atoms with Gasteiger partial charge in [0.1, 0.15) is 0 Å². The zero-order valence-electron chi connectivity index (χ0n) is 13.6. The topological polar surface area (TPSA) is 26.0 Å². The fourth-order valence-electron chi connectivity index (χ4n) is 2.49. The van der Waals surface area contributed by atoms with E-state index in [-0.39, 0.29) is 24.7 Å². The molecule has 0 bridgehead atoms. The Morgan fingerprint density at radius 2 is 1.80 bits per heavy atom. The summed E-state index contributed by atoms with van der Waals surface area (Å²) >= 11 is 12.1. The first kappa shape index (κ1) is 11.9. The van der Waals surface area contributed by atoms with Crippen LogP contribution in [-0.4, -0.2) is 0 Å². The van der Waals surface area contributed by atoms with Crippen LogP contribution in [0.2, 0.25) is 10.0 Å². The molecule has 2 aromatic rings. The molecule has 0 aromatic heterocycles. The third-order valence-electron chi connectivity index (χ3n) is 3.47. The molecule has 2 atom stereocenters. The Morgan fingerprint density at radius 3 is 2.50 bits per heavy atom. The van der Waals surface area contributed by atoms with Gasteiger partial charge in [0.15, 0.2) is 0 Å². The molecule has 0 saturated carbocycles. The highest BCUT2D eigenvalue weighted by Gasteiger charge is 2.26. The van der Waals surface area contributed by atoms with Gasteiger partial charge in [-0.05, 0) is 41.6 Å². The summed E-state index contributed by atoms with van der Waals surface area (Å²) in [7, 11) is 0. The molecule has 0 amide bonds. The van der Waals surface area contributed by atoms with Crippen molar-refractivity contribution in [3.05, 3.63) is 69.2 Å². The van der Waals surface area contributed by atoms with Crippen LogP contribution < -0.4 is 5.73 Å². The van der Waals surface area contributed by atoms with Gasteiger partial charge >= 0.3 is 0 Å². The van der Waals surface area contributed by atoms with Gasteiger partial charge in [-0.3, -0.25) is 0 Å². The van der Waals surface area contributed by atoms with E-state index < -0.39 is 12.4 Å². The van der Waals surface area contributed by atoms with E-state index in [1.165, 1.54) is 0 Å². The molecule has 1 aliphatic carbocycles. The summed E-state index contributed by atoms with van der Waals surface area (Å²) in [6.07, 6.45) is -1.72. The van der Waals surface area contributed by atoms with Crippen molar-refractivity contribution in [3.63, 3.8) is 0 Å². The maximum absolute atomic E-state index is 8.30. The Hall–Kier alpha value is -0.730. The lowest BCUT2D eigenvalue weighted by molar-refractivity contribution is 0.530. The highest BCUT2D eigenvalue weighted by atomic mass is 35.5. The van der Waals surface area contributed by atoms with Gasteiger partial charge in [0.05, 0.1) is 11.4 Å². The molecule has 0 radical (unpaired) electrons. The number of halogens is 3. The molecule has 0 fully saturated rings. The van der Waals surface area contributed by atoms with E-state index in [4.69, 9.17) is 33.0 Å². The summed E-state index contributed by atoms with van der Waals surface area (Å²) in [6, 6.07) is 10.8. The molecule has 3 rings (SSSR count). The first-order valence-electron chi connectivity index (χ1n) is 7.57. The second-order valence-electron chi connectivity index (χ2n) is 4.61. The predicted octanol–water partition coefficient (Wildman–Crippen LogP) is 5.34. The quantitative estimate of drug-likeness (QED) is 0.750. The van der Waals surface area contributed by atoms with Crippen molar-refractivity contribution in [1.82, 2.24) is 0 Å². The minimum Gasteiger partial charge on any atom is -0.324 e. The smallest absolute Gasteiger partial charge is 0.0595 e. The van der Waals surface area contributed by atoms with E-state index in [1.807, 2.05) is 18.2 Å². The molecule has 106 valence electrons. The maximum Gasteiger partial charge on any atom is 0.0595 e. The van der Waals surface area contributed by atoms with Crippen LogP contribution in [0.5, 0.6) is 0 Å². The average Bonchev–Trinajstić information content (AvgIpc) is 2.46. The molecule has 20 heavy (non-hydrogen) atoms. The minimum atomic E-state index is -1.85. The van der Waals surface area contributed by atoms with E-state index in [1.54, 1.807) is 24.3 Å². The number of hydrogen-bond acceptors (Lipinski definition) is 1. The third-order valence-corrected chi connectivity index (χ3v) is 4.21. The Labute approximate surface area is 139 Å². The van der Waals surface area contributed by atoms with Crippen LogP contribution >= 0.6 is 35.6 Å². The second kappa shape index (κ2) is 6.36. The Morgan fingerprint density at radius 1 is 1.10 bits per heavy atom. The molecule has 0 spiro atoms. The number of hydrogen-bond donors (Lipinski definition) is 1. The lowest BCUT2D eigenvalue weighted by Crippen LogP contribution is -2.20. The van der Waals surface area contributed by atoms with E-state index in [0.717, 1.165) is 11.1 Å². The zero-order valence-corrected chi connectivity index (χ0v) is 12.9. The van der Waals surface area contributed by atoms with Gasteiger partial charge in [0, 0.05) is 14.7 Å². The fraction of sp³-hybridized carbons (Fsp3) is 0.250. The van der Waals surface area contributed by atoms with Gasteiger partial charge in [-0.25, -0.2) is 0 Å². The minimum absolute atomic E-state index is 0. The Kier molecular flexibility index (Phi) is 3.78. The maximum atomic E-state index is 8.30. The molecule has 0 heterocycles. The number of benzene rings is 2. The molecule has 4 heteroatoms. The highest BCUT2D eigenvalue weighted by molar-refractivity contribution is 6.42. The van der Waals surface area contributed by atoms with Crippen LogP contribution in [0.15, 0.2) is 42.5 Å². The largest absolute Gasteiger partial charge is 0.324 e. The zero-order chi connectivity index (χ0) is 16.1. The molecule has 1 aliphatic rings. The van der Waals surface area contributed by atoms with Crippen molar-refractivity contribution < 1.29 is 4.11 Å². The van der Waals surface area contributed by atoms with Crippen LogP contribution in [0.1, 0.15) is 45.5 Å². The SMILES string of the molecule is Cl.[2H]C1([2H])C[C@@H](c2ccc(Cl)c(Cl)c2)c2ccccc2[C@@]1([2H])N.